The predicted octanol–water partition coefficient (Wildman–Crippen LogP) is 14.6. The van der Waals surface area contributed by atoms with Gasteiger partial charge in [-0.2, -0.15) is 0 Å². The van der Waals surface area contributed by atoms with E-state index >= 15 is 0 Å². The molecule has 1 unspecified atom stereocenters. The van der Waals surface area contributed by atoms with Gasteiger partial charge in [-0.15, -0.1) is 0 Å². The van der Waals surface area contributed by atoms with E-state index in [-0.39, 0.29) is 25.2 Å². The number of hydrogen-bond acceptors (Lipinski definition) is 5. The number of esters is 2. The lowest BCUT2D eigenvalue weighted by molar-refractivity contribution is -0.163. The molecule has 0 heterocycles. The molecule has 54 heavy (non-hydrogen) atoms. The highest BCUT2D eigenvalue weighted by molar-refractivity contribution is 5.70. The van der Waals surface area contributed by atoms with Crippen molar-refractivity contribution in [3.8, 4) is 0 Å². The van der Waals surface area contributed by atoms with E-state index in [0.29, 0.717) is 19.4 Å². The van der Waals surface area contributed by atoms with Crippen molar-refractivity contribution in [2.45, 2.75) is 194 Å². The molecule has 5 heteroatoms. The maximum Gasteiger partial charge on any atom is 0.306 e. The van der Waals surface area contributed by atoms with Crippen molar-refractivity contribution in [3.63, 3.8) is 0 Å². The molecule has 0 aliphatic rings. The Morgan fingerprint density at radius 3 is 1.41 bits per heavy atom. The van der Waals surface area contributed by atoms with Crippen LogP contribution in [0.3, 0.4) is 0 Å². The van der Waals surface area contributed by atoms with Gasteiger partial charge in [0.05, 0.1) is 6.61 Å². The van der Waals surface area contributed by atoms with Gasteiger partial charge in [-0.25, -0.2) is 0 Å². The van der Waals surface area contributed by atoms with Crippen LogP contribution in [0.5, 0.6) is 0 Å². The minimum absolute atomic E-state index is 0.0571. The first-order valence-corrected chi connectivity index (χ1v) is 22.1. The summed E-state index contributed by atoms with van der Waals surface area (Å²) in [6, 6.07) is 0. The Morgan fingerprint density at radius 2 is 0.870 bits per heavy atom. The third-order valence-corrected chi connectivity index (χ3v) is 8.90. The molecular formula is C49H82O5. The van der Waals surface area contributed by atoms with E-state index in [1.54, 1.807) is 0 Å². The second-order valence-electron chi connectivity index (χ2n) is 14.2. The second kappa shape index (κ2) is 44.5. The minimum Gasteiger partial charge on any atom is -0.462 e. The van der Waals surface area contributed by atoms with Gasteiger partial charge in [0.1, 0.15) is 6.61 Å². The van der Waals surface area contributed by atoms with Gasteiger partial charge < -0.3 is 14.2 Å². The second-order valence-corrected chi connectivity index (χ2v) is 14.2. The normalized spacial score (nSPS) is 13.0. The molecule has 0 rings (SSSR count). The summed E-state index contributed by atoms with van der Waals surface area (Å²) in [5.41, 5.74) is 0. The molecule has 0 N–H and O–H groups in total. The fraction of sp³-hybridized carbons (Fsp3) is 0.673. The standard InChI is InChI=1S/C49H82O5/c1-4-7-10-13-16-18-20-22-23-24-25-26-28-30-32-35-38-41-44-52-45-47(54-49(51)43-40-37-33-15-12-9-6-3)46-53-48(50)42-39-36-34-31-29-27-21-19-17-14-11-8-5-2/h7,10-11,14,16,18-19,21-23,25-26,30,32,47H,4-6,8-9,12-13,15,17,20,24,27-29,31,33-46H2,1-3H3/b10-7-,14-11-,18-16-,21-19-,23-22-,26-25-,32-30-. The zero-order valence-corrected chi connectivity index (χ0v) is 35.2. The highest BCUT2D eigenvalue weighted by atomic mass is 16.6. The van der Waals surface area contributed by atoms with Crippen LogP contribution in [0.2, 0.25) is 0 Å². The maximum absolute atomic E-state index is 12.6. The van der Waals surface area contributed by atoms with Crippen LogP contribution in [0.1, 0.15) is 188 Å². The minimum atomic E-state index is -0.563. The van der Waals surface area contributed by atoms with Crippen LogP contribution in [0.25, 0.3) is 0 Å². The van der Waals surface area contributed by atoms with Crippen LogP contribution in [0.4, 0.5) is 0 Å². The Hall–Kier alpha value is -2.92. The summed E-state index contributed by atoms with van der Waals surface area (Å²) in [4.78, 5) is 25.1. The first-order chi connectivity index (χ1) is 26.6. The summed E-state index contributed by atoms with van der Waals surface area (Å²) in [6.07, 6.45) is 57.4. The fourth-order valence-electron chi connectivity index (χ4n) is 5.63. The van der Waals surface area contributed by atoms with Crippen molar-refractivity contribution >= 4 is 11.9 Å². The zero-order chi connectivity index (χ0) is 39.3. The summed E-state index contributed by atoms with van der Waals surface area (Å²) in [5.74, 6) is -0.450. The lowest BCUT2D eigenvalue weighted by Crippen LogP contribution is -2.30. The number of ether oxygens (including phenoxy) is 3. The number of allylic oxidation sites excluding steroid dienone is 14. The summed E-state index contributed by atoms with van der Waals surface area (Å²) < 4.78 is 17.2. The molecule has 0 amide bonds. The topological polar surface area (TPSA) is 61.8 Å². The van der Waals surface area contributed by atoms with E-state index in [1.165, 1.54) is 44.9 Å². The van der Waals surface area contributed by atoms with Gasteiger partial charge in [-0.05, 0) is 89.9 Å². The summed E-state index contributed by atoms with van der Waals surface area (Å²) in [6.45, 7) is 7.48. The molecule has 0 spiro atoms. The van der Waals surface area contributed by atoms with Crippen molar-refractivity contribution in [2.24, 2.45) is 0 Å². The average molecular weight is 751 g/mol. The van der Waals surface area contributed by atoms with Crippen molar-refractivity contribution in [1.82, 2.24) is 0 Å². The first-order valence-electron chi connectivity index (χ1n) is 22.1. The smallest absolute Gasteiger partial charge is 0.306 e. The van der Waals surface area contributed by atoms with E-state index < -0.39 is 6.10 Å². The molecule has 0 aliphatic heterocycles. The molecule has 0 saturated heterocycles. The van der Waals surface area contributed by atoms with Gasteiger partial charge >= 0.3 is 11.9 Å². The molecule has 308 valence electrons. The summed E-state index contributed by atoms with van der Waals surface area (Å²) in [7, 11) is 0. The van der Waals surface area contributed by atoms with Gasteiger partial charge in [-0.1, -0.05) is 170 Å². The predicted molar refractivity (Wildman–Crippen MR) is 233 cm³/mol. The first kappa shape index (κ1) is 51.1. The average Bonchev–Trinajstić information content (AvgIpc) is 3.17. The number of rotatable bonds is 39. The summed E-state index contributed by atoms with van der Waals surface area (Å²) >= 11 is 0. The lowest BCUT2D eigenvalue weighted by atomic mass is 10.1. The zero-order valence-electron chi connectivity index (χ0n) is 35.2. The Bertz CT molecular complexity index is 1030. The highest BCUT2D eigenvalue weighted by Gasteiger charge is 2.17. The molecule has 0 bridgehead atoms. The molecule has 1 atom stereocenters. The SMILES string of the molecule is CC/C=C\C/C=C\C/C=C\C/C=C\C/C=C\CCCCOCC(COC(=O)CCCCCCC/C=C\C/C=C\CCC)OC(=O)CCCCCCCCC. The van der Waals surface area contributed by atoms with Crippen molar-refractivity contribution in [1.29, 1.82) is 0 Å². The van der Waals surface area contributed by atoms with Crippen LogP contribution < -0.4 is 0 Å². The molecule has 0 aromatic rings. The highest BCUT2D eigenvalue weighted by Crippen LogP contribution is 2.12. The largest absolute Gasteiger partial charge is 0.462 e. The number of unbranched alkanes of at least 4 members (excludes halogenated alkanes) is 14. The van der Waals surface area contributed by atoms with Crippen LogP contribution in [-0.4, -0.2) is 37.9 Å². The van der Waals surface area contributed by atoms with Crippen molar-refractivity contribution < 1.29 is 23.8 Å². The van der Waals surface area contributed by atoms with Gasteiger partial charge in [0, 0.05) is 19.4 Å². The lowest BCUT2D eigenvalue weighted by Gasteiger charge is -2.18. The van der Waals surface area contributed by atoms with Gasteiger partial charge in [0.25, 0.3) is 0 Å². The Kier molecular flexibility index (Phi) is 42.1. The molecule has 0 aromatic carbocycles. The van der Waals surface area contributed by atoms with Crippen molar-refractivity contribution in [3.05, 3.63) is 85.1 Å². The molecule has 0 fully saturated rings. The quantitative estimate of drug-likeness (QED) is 0.0356. The van der Waals surface area contributed by atoms with Crippen LogP contribution >= 0.6 is 0 Å². The molecule has 0 aromatic heterocycles. The third-order valence-electron chi connectivity index (χ3n) is 8.90. The van der Waals surface area contributed by atoms with E-state index in [0.717, 1.165) is 109 Å². The van der Waals surface area contributed by atoms with E-state index in [2.05, 4.69) is 106 Å². The molecule has 0 saturated carbocycles. The van der Waals surface area contributed by atoms with Gasteiger partial charge in [0.15, 0.2) is 6.10 Å². The maximum atomic E-state index is 12.6. The Labute approximate surface area is 333 Å². The van der Waals surface area contributed by atoms with Crippen LogP contribution in [0, 0.1) is 0 Å². The Morgan fingerprint density at radius 1 is 0.426 bits per heavy atom. The Balaban J connectivity index is 4.28. The number of carbonyl (C=O) groups is 2. The van der Waals surface area contributed by atoms with Crippen LogP contribution in [0.15, 0.2) is 85.1 Å². The van der Waals surface area contributed by atoms with Crippen molar-refractivity contribution in [2.75, 3.05) is 19.8 Å². The number of carbonyl (C=O) groups excluding carboxylic acids is 2. The fourth-order valence-corrected chi connectivity index (χ4v) is 5.63. The molecule has 5 nitrogen and oxygen atoms in total. The molecular weight excluding hydrogens is 669 g/mol. The van der Waals surface area contributed by atoms with E-state index in [4.69, 9.17) is 14.2 Å². The monoisotopic (exact) mass is 751 g/mol. The summed E-state index contributed by atoms with van der Waals surface area (Å²) in [5, 5.41) is 0. The third kappa shape index (κ3) is 41.8. The van der Waals surface area contributed by atoms with Gasteiger partial charge in [-0.3, -0.25) is 9.59 Å². The number of hydrogen-bond donors (Lipinski definition) is 0. The van der Waals surface area contributed by atoms with Gasteiger partial charge in [0.2, 0.25) is 0 Å². The van der Waals surface area contributed by atoms with Crippen LogP contribution in [-0.2, 0) is 23.8 Å². The van der Waals surface area contributed by atoms with E-state index in [9.17, 15) is 9.59 Å². The molecule has 0 radical (unpaired) electrons. The van der Waals surface area contributed by atoms with E-state index in [1.807, 2.05) is 0 Å². The molecule has 0 aliphatic carbocycles.